The van der Waals surface area contributed by atoms with Crippen LogP contribution >= 0.6 is 11.6 Å². The van der Waals surface area contributed by atoms with Crippen LogP contribution in [0.15, 0.2) is 60.7 Å². The Balaban J connectivity index is 1.61. The van der Waals surface area contributed by atoms with Gasteiger partial charge in [0.05, 0.1) is 11.6 Å². The van der Waals surface area contributed by atoms with Gasteiger partial charge in [0.2, 0.25) is 0 Å². The van der Waals surface area contributed by atoms with Gasteiger partial charge in [-0.3, -0.25) is 0 Å². The van der Waals surface area contributed by atoms with Crippen LogP contribution in [0.2, 0.25) is 5.02 Å². The summed E-state index contributed by atoms with van der Waals surface area (Å²) in [7, 11) is 0. The Bertz CT molecular complexity index is 964. The third-order valence-corrected chi connectivity index (χ3v) is 4.81. The maximum Gasteiger partial charge on any atom is 0.180 e. The number of rotatable bonds is 10. The van der Waals surface area contributed by atoms with Crippen LogP contribution in [0.1, 0.15) is 23.6 Å². The Hall–Kier alpha value is -2.63. The average Bonchev–Trinajstić information content (AvgIpc) is 2.73. The smallest absolute Gasteiger partial charge is 0.180 e. The van der Waals surface area contributed by atoms with Crippen molar-refractivity contribution in [3.63, 3.8) is 0 Å². The molecule has 0 unspecified atom stereocenters. The zero-order chi connectivity index (χ0) is 21.3. The molecule has 0 radical (unpaired) electrons. The first kappa shape index (κ1) is 22.1. The molecule has 0 bridgehead atoms. The number of halogens is 3. The minimum Gasteiger partial charge on any atom is -0.490 e. The summed E-state index contributed by atoms with van der Waals surface area (Å²) < 4.78 is 38.3. The highest BCUT2D eigenvalue weighted by molar-refractivity contribution is 6.32. The van der Waals surface area contributed by atoms with E-state index in [1.807, 2.05) is 19.1 Å². The van der Waals surface area contributed by atoms with Gasteiger partial charge < -0.3 is 14.8 Å². The summed E-state index contributed by atoms with van der Waals surface area (Å²) in [6.45, 7) is 3.71. The zero-order valence-electron chi connectivity index (χ0n) is 16.8. The summed E-state index contributed by atoms with van der Waals surface area (Å²) in [5, 5.41) is 3.76. The maximum absolute atomic E-state index is 13.8. The second-order valence-corrected chi connectivity index (χ2v) is 7.18. The van der Waals surface area contributed by atoms with Crippen molar-refractivity contribution in [3.8, 4) is 11.5 Å². The second-order valence-electron chi connectivity index (χ2n) is 6.77. The SMILES string of the molecule is CCOc1cc(CNCCc2ccc(F)cc2)cc(Cl)c1OCc1ccccc1F. The Morgan fingerprint density at radius 3 is 2.43 bits per heavy atom. The van der Waals surface area contributed by atoms with Gasteiger partial charge in [0.1, 0.15) is 18.2 Å². The van der Waals surface area contributed by atoms with Crippen molar-refractivity contribution in [3.05, 3.63) is 94.0 Å². The number of hydrogen-bond donors (Lipinski definition) is 1. The number of benzene rings is 3. The number of ether oxygens (including phenoxy) is 2. The lowest BCUT2D eigenvalue weighted by atomic mass is 10.1. The Morgan fingerprint density at radius 2 is 1.70 bits per heavy atom. The van der Waals surface area contributed by atoms with E-state index < -0.39 is 0 Å². The monoisotopic (exact) mass is 431 g/mol. The molecule has 158 valence electrons. The summed E-state index contributed by atoms with van der Waals surface area (Å²) in [6.07, 6.45) is 0.788. The molecule has 3 aromatic carbocycles. The van der Waals surface area contributed by atoms with Gasteiger partial charge in [-0.1, -0.05) is 41.9 Å². The molecule has 30 heavy (non-hydrogen) atoms. The van der Waals surface area contributed by atoms with Crippen molar-refractivity contribution < 1.29 is 18.3 Å². The van der Waals surface area contributed by atoms with Gasteiger partial charge in [0, 0.05) is 12.1 Å². The molecule has 0 aliphatic rings. The van der Waals surface area contributed by atoms with Crippen molar-refractivity contribution in [2.45, 2.75) is 26.5 Å². The summed E-state index contributed by atoms with van der Waals surface area (Å²) in [5.74, 6) is 0.365. The van der Waals surface area contributed by atoms with E-state index in [0.717, 1.165) is 24.1 Å². The maximum atomic E-state index is 13.8. The molecule has 0 fully saturated rings. The predicted octanol–water partition coefficient (Wildman–Crippen LogP) is 5.93. The first-order valence-electron chi connectivity index (χ1n) is 9.83. The van der Waals surface area contributed by atoms with Crippen LogP contribution in [0, 0.1) is 11.6 Å². The Morgan fingerprint density at radius 1 is 0.933 bits per heavy atom. The molecule has 3 rings (SSSR count). The van der Waals surface area contributed by atoms with Crippen LogP contribution in [0.3, 0.4) is 0 Å². The van der Waals surface area contributed by atoms with E-state index in [1.165, 1.54) is 18.2 Å². The molecule has 0 aromatic heterocycles. The first-order chi connectivity index (χ1) is 14.6. The molecule has 0 amide bonds. The highest BCUT2D eigenvalue weighted by Crippen LogP contribution is 2.37. The van der Waals surface area contributed by atoms with E-state index in [4.69, 9.17) is 21.1 Å². The van der Waals surface area contributed by atoms with E-state index in [2.05, 4.69) is 5.32 Å². The van der Waals surface area contributed by atoms with E-state index in [0.29, 0.717) is 35.2 Å². The lowest BCUT2D eigenvalue weighted by Gasteiger charge is -2.16. The minimum atomic E-state index is -0.325. The van der Waals surface area contributed by atoms with Crippen molar-refractivity contribution in [2.24, 2.45) is 0 Å². The Kier molecular flexibility index (Phi) is 8.05. The molecular formula is C24H24ClF2NO2. The lowest BCUT2D eigenvalue weighted by Crippen LogP contribution is -2.17. The van der Waals surface area contributed by atoms with Crippen LogP contribution in [-0.2, 0) is 19.6 Å². The molecule has 0 spiro atoms. The molecular weight excluding hydrogens is 408 g/mol. The van der Waals surface area contributed by atoms with E-state index >= 15 is 0 Å². The molecule has 0 aliphatic heterocycles. The van der Waals surface area contributed by atoms with E-state index in [9.17, 15) is 8.78 Å². The third-order valence-electron chi connectivity index (χ3n) is 4.53. The molecule has 1 N–H and O–H groups in total. The van der Waals surface area contributed by atoms with Crippen LogP contribution in [0.5, 0.6) is 11.5 Å². The summed E-state index contributed by atoms with van der Waals surface area (Å²) in [5.41, 5.74) is 2.46. The highest BCUT2D eigenvalue weighted by atomic mass is 35.5. The molecule has 6 heteroatoms. The summed E-state index contributed by atoms with van der Waals surface area (Å²) in [6, 6.07) is 16.6. The van der Waals surface area contributed by atoms with Crippen LogP contribution in [-0.4, -0.2) is 13.2 Å². The van der Waals surface area contributed by atoms with Crippen LogP contribution < -0.4 is 14.8 Å². The minimum absolute atomic E-state index is 0.0573. The van der Waals surface area contributed by atoms with E-state index in [-0.39, 0.29) is 18.2 Å². The van der Waals surface area contributed by atoms with E-state index in [1.54, 1.807) is 30.3 Å². The fraction of sp³-hybridized carbons (Fsp3) is 0.250. The fourth-order valence-corrected chi connectivity index (χ4v) is 3.30. The third kappa shape index (κ3) is 6.18. The number of nitrogens with one attached hydrogen (secondary N) is 1. The molecule has 0 saturated carbocycles. The summed E-state index contributed by atoms with van der Waals surface area (Å²) >= 11 is 6.44. The Labute approximate surface area is 180 Å². The fourth-order valence-electron chi connectivity index (χ4n) is 3.01. The van der Waals surface area contributed by atoms with Crippen LogP contribution in [0.25, 0.3) is 0 Å². The topological polar surface area (TPSA) is 30.5 Å². The first-order valence-corrected chi connectivity index (χ1v) is 10.2. The van der Waals surface area contributed by atoms with Crippen molar-refractivity contribution in [1.29, 1.82) is 0 Å². The average molecular weight is 432 g/mol. The van der Waals surface area contributed by atoms with Gasteiger partial charge in [-0.25, -0.2) is 8.78 Å². The highest BCUT2D eigenvalue weighted by Gasteiger charge is 2.14. The molecule has 3 aromatic rings. The molecule has 0 heterocycles. The van der Waals surface area contributed by atoms with Gasteiger partial charge in [-0.15, -0.1) is 0 Å². The standard InChI is InChI=1S/C24H24ClF2NO2/c1-2-29-23-14-18(15-28-12-11-17-7-9-20(26)10-8-17)13-21(25)24(23)30-16-19-5-3-4-6-22(19)27/h3-10,13-14,28H,2,11-12,15-16H2,1H3. The molecule has 0 atom stereocenters. The normalized spacial score (nSPS) is 10.8. The van der Waals surface area contributed by atoms with Crippen molar-refractivity contribution in [1.82, 2.24) is 5.32 Å². The largest absolute Gasteiger partial charge is 0.490 e. The predicted molar refractivity (Wildman–Crippen MR) is 115 cm³/mol. The molecule has 0 saturated heterocycles. The van der Waals surface area contributed by atoms with Gasteiger partial charge >= 0.3 is 0 Å². The summed E-state index contributed by atoms with van der Waals surface area (Å²) in [4.78, 5) is 0. The van der Waals surface area contributed by atoms with Gasteiger partial charge in [0.25, 0.3) is 0 Å². The zero-order valence-corrected chi connectivity index (χ0v) is 17.5. The number of hydrogen-bond acceptors (Lipinski definition) is 3. The van der Waals surface area contributed by atoms with Crippen molar-refractivity contribution in [2.75, 3.05) is 13.2 Å². The van der Waals surface area contributed by atoms with Crippen molar-refractivity contribution >= 4 is 11.6 Å². The van der Waals surface area contributed by atoms with Gasteiger partial charge in [-0.05, 0) is 61.3 Å². The van der Waals surface area contributed by atoms with Crippen LogP contribution in [0.4, 0.5) is 8.78 Å². The molecule has 3 nitrogen and oxygen atoms in total. The molecule has 0 aliphatic carbocycles. The quantitative estimate of drug-likeness (QED) is 0.404. The van der Waals surface area contributed by atoms with Gasteiger partial charge in [-0.2, -0.15) is 0 Å². The van der Waals surface area contributed by atoms with Gasteiger partial charge in [0.15, 0.2) is 11.5 Å². The lowest BCUT2D eigenvalue weighted by molar-refractivity contribution is 0.266. The second kappa shape index (κ2) is 11.0.